The maximum atomic E-state index is 14.1. The van der Waals surface area contributed by atoms with E-state index in [0.29, 0.717) is 0 Å². The first-order chi connectivity index (χ1) is 14.8. The molecular weight excluding hydrogens is 428 g/mol. The van der Waals surface area contributed by atoms with Crippen LogP contribution >= 0.6 is 0 Å². The first-order valence-electron chi connectivity index (χ1n) is 10.8. The smallest absolute Gasteiger partial charge is 0.352 e. The summed E-state index contributed by atoms with van der Waals surface area (Å²) in [5, 5.41) is 0. The van der Waals surface area contributed by atoms with E-state index in [4.69, 9.17) is 14.2 Å². The lowest BCUT2D eigenvalue weighted by molar-refractivity contribution is -0.306. The molecule has 1 fully saturated rings. The van der Waals surface area contributed by atoms with Gasteiger partial charge < -0.3 is 19.1 Å². The van der Waals surface area contributed by atoms with E-state index in [2.05, 4.69) is 4.99 Å². The van der Waals surface area contributed by atoms with Crippen LogP contribution in [0.4, 0.5) is 0 Å². The predicted octanol–water partition coefficient (Wildman–Crippen LogP) is 2.88. The van der Waals surface area contributed by atoms with Crippen molar-refractivity contribution in [2.45, 2.75) is 68.1 Å². The third-order valence-corrected chi connectivity index (χ3v) is 5.98. The molecule has 9 nitrogen and oxygen atoms in total. The lowest BCUT2D eigenvalue weighted by Crippen LogP contribution is -2.82. The zero-order valence-electron chi connectivity index (χ0n) is 21.8. The summed E-state index contributed by atoms with van der Waals surface area (Å²) >= 11 is 0. The van der Waals surface area contributed by atoms with Crippen molar-refractivity contribution in [3.8, 4) is 0 Å². The Morgan fingerprint density at radius 2 is 1.48 bits per heavy atom. The van der Waals surface area contributed by atoms with E-state index in [1.807, 2.05) is 0 Å². The molecule has 1 saturated heterocycles. The van der Waals surface area contributed by atoms with Crippen LogP contribution in [0.2, 0.25) is 0 Å². The van der Waals surface area contributed by atoms with Crippen LogP contribution in [-0.2, 0) is 33.4 Å². The van der Waals surface area contributed by atoms with Crippen LogP contribution < -0.4 is 0 Å². The van der Waals surface area contributed by atoms with E-state index >= 15 is 0 Å². The molecule has 9 heteroatoms. The summed E-state index contributed by atoms with van der Waals surface area (Å²) in [5.41, 5.74) is -5.43. The highest BCUT2D eigenvalue weighted by Crippen LogP contribution is 2.60. The van der Waals surface area contributed by atoms with Gasteiger partial charge in [-0.15, -0.1) is 0 Å². The SMILES string of the molecule is CN=C1N(C)C(=O)C1(C(=O)C(C)(C)C)C1(C(C)(C)C)OC(=O)C(C(=O)OC)=C(C(C)(C)C)O1. The Kier molecular flexibility index (Phi) is 6.17. The molecule has 2 unspecified atom stereocenters. The molecule has 0 aromatic heterocycles. The van der Waals surface area contributed by atoms with Gasteiger partial charge in [0, 0.05) is 30.3 Å². The van der Waals surface area contributed by atoms with Gasteiger partial charge in [0.05, 0.1) is 7.11 Å². The number of nitrogens with zero attached hydrogens (tertiary/aromatic N) is 2. The average molecular weight is 465 g/mol. The minimum Gasteiger partial charge on any atom is -0.465 e. The zero-order valence-corrected chi connectivity index (χ0v) is 21.8. The highest BCUT2D eigenvalue weighted by Gasteiger charge is 2.82. The molecule has 1 amide bonds. The molecule has 0 spiro atoms. The van der Waals surface area contributed by atoms with Crippen LogP contribution in [-0.4, -0.2) is 61.4 Å². The Balaban J connectivity index is 3.06. The van der Waals surface area contributed by atoms with Gasteiger partial charge in [-0.3, -0.25) is 14.6 Å². The number of carbonyl (C=O) groups excluding carboxylic acids is 4. The highest BCUT2D eigenvalue weighted by atomic mass is 16.7. The molecule has 0 saturated carbocycles. The Labute approximate surface area is 195 Å². The van der Waals surface area contributed by atoms with Crippen molar-refractivity contribution in [3.63, 3.8) is 0 Å². The van der Waals surface area contributed by atoms with E-state index in [1.165, 1.54) is 19.0 Å². The van der Waals surface area contributed by atoms with Gasteiger partial charge in [-0.1, -0.05) is 62.3 Å². The minimum absolute atomic E-state index is 0.0144. The summed E-state index contributed by atoms with van der Waals surface area (Å²) < 4.78 is 17.2. The quantitative estimate of drug-likeness (QED) is 0.273. The first kappa shape index (κ1) is 26.5. The predicted molar refractivity (Wildman–Crippen MR) is 121 cm³/mol. The molecule has 33 heavy (non-hydrogen) atoms. The summed E-state index contributed by atoms with van der Waals surface area (Å²) in [6.45, 7) is 15.4. The molecule has 0 aliphatic carbocycles. The summed E-state index contributed by atoms with van der Waals surface area (Å²) in [7, 11) is 4.11. The van der Waals surface area contributed by atoms with Gasteiger partial charge in [0.25, 0.3) is 11.7 Å². The van der Waals surface area contributed by atoms with E-state index in [-0.39, 0.29) is 11.6 Å². The Morgan fingerprint density at radius 3 is 1.85 bits per heavy atom. The number of Topliss-reactive ketones (excluding diaryl/α,β-unsaturated/α-hetero) is 1. The fourth-order valence-corrected chi connectivity index (χ4v) is 4.48. The molecule has 2 aliphatic rings. The van der Waals surface area contributed by atoms with Gasteiger partial charge in [0.1, 0.15) is 11.6 Å². The molecule has 0 aromatic carbocycles. The second-order valence-electron chi connectivity index (χ2n) is 11.5. The van der Waals surface area contributed by atoms with Crippen LogP contribution in [0.5, 0.6) is 0 Å². The van der Waals surface area contributed by atoms with Crippen molar-refractivity contribution in [1.29, 1.82) is 0 Å². The second-order valence-corrected chi connectivity index (χ2v) is 11.5. The number of amidine groups is 1. The zero-order chi connectivity index (χ0) is 25.9. The number of hydrogen-bond donors (Lipinski definition) is 0. The van der Waals surface area contributed by atoms with Crippen molar-refractivity contribution >= 4 is 29.5 Å². The van der Waals surface area contributed by atoms with Gasteiger partial charge >= 0.3 is 11.9 Å². The van der Waals surface area contributed by atoms with E-state index < -0.39 is 56.6 Å². The molecule has 2 heterocycles. The van der Waals surface area contributed by atoms with Crippen LogP contribution in [0.1, 0.15) is 62.3 Å². The lowest BCUT2D eigenvalue weighted by atomic mass is 9.55. The number of rotatable bonds is 3. The maximum Gasteiger partial charge on any atom is 0.352 e. The van der Waals surface area contributed by atoms with Gasteiger partial charge in [-0.25, -0.2) is 9.59 Å². The Hall–Kier alpha value is -2.71. The van der Waals surface area contributed by atoms with Crippen LogP contribution in [0.25, 0.3) is 0 Å². The minimum atomic E-state index is -2.11. The average Bonchev–Trinajstić information content (AvgIpc) is 2.66. The van der Waals surface area contributed by atoms with E-state index in [1.54, 1.807) is 62.3 Å². The largest absolute Gasteiger partial charge is 0.465 e. The molecule has 184 valence electrons. The number of β-lactam (4-membered cyclic amide) rings is 1. The van der Waals surface area contributed by atoms with Crippen LogP contribution in [0.15, 0.2) is 16.3 Å². The van der Waals surface area contributed by atoms with Crippen LogP contribution in [0.3, 0.4) is 0 Å². The third kappa shape index (κ3) is 3.47. The monoisotopic (exact) mass is 464 g/mol. The fourth-order valence-electron chi connectivity index (χ4n) is 4.48. The third-order valence-electron chi connectivity index (χ3n) is 5.98. The van der Waals surface area contributed by atoms with Gasteiger partial charge in [0.15, 0.2) is 11.4 Å². The summed E-state index contributed by atoms with van der Waals surface area (Å²) in [6, 6.07) is 0. The number of ketones is 1. The first-order valence-corrected chi connectivity index (χ1v) is 10.8. The van der Waals surface area contributed by atoms with Gasteiger partial charge in [0.2, 0.25) is 5.41 Å². The number of methoxy groups -OCH3 is 1. The van der Waals surface area contributed by atoms with Crippen molar-refractivity contribution < 1.29 is 33.4 Å². The summed E-state index contributed by atoms with van der Waals surface area (Å²) in [4.78, 5) is 59.2. The molecule has 2 atom stereocenters. The summed E-state index contributed by atoms with van der Waals surface area (Å²) in [5.74, 6) is -5.04. The van der Waals surface area contributed by atoms with Gasteiger partial charge in [-0.05, 0) is 0 Å². The number of carbonyl (C=O) groups is 4. The normalized spacial score (nSPS) is 27.8. The molecule has 0 bridgehead atoms. The summed E-state index contributed by atoms with van der Waals surface area (Å²) in [6.07, 6.45) is 0. The van der Waals surface area contributed by atoms with Crippen molar-refractivity contribution in [2.24, 2.45) is 26.7 Å². The second kappa shape index (κ2) is 7.67. The van der Waals surface area contributed by atoms with Gasteiger partial charge in [-0.2, -0.15) is 0 Å². The number of amides is 1. The van der Waals surface area contributed by atoms with Crippen molar-refractivity contribution in [1.82, 2.24) is 4.90 Å². The van der Waals surface area contributed by atoms with Crippen molar-refractivity contribution in [3.05, 3.63) is 11.3 Å². The van der Waals surface area contributed by atoms with E-state index in [0.717, 1.165) is 7.11 Å². The fraction of sp³-hybridized carbons (Fsp3) is 0.708. The number of cyclic esters (lactones) is 1. The molecule has 0 N–H and O–H groups in total. The van der Waals surface area contributed by atoms with Crippen LogP contribution in [0, 0.1) is 21.7 Å². The highest BCUT2D eigenvalue weighted by molar-refractivity contribution is 6.38. The lowest BCUT2D eigenvalue weighted by Gasteiger charge is -2.61. The molecule has 2 aliphatic heterocycles. The van der Waals surface area contributed by atoms with Crippen molar-refractivity contribution in [2.75, 3.05) is 21.2 Å². The number of esters is 2. The molecule has 0 radical (unpaired) electrons. The number of aliphatic imine (C=N–C) groups is 1. The molecular formula is C24H36N2O7. The maximum absolute atomic E-state index is 14.1. The molecule has 0 aromatic rings. The van der Waals surface area contributed by atoms with E-state index in [9.17, 15) is 19.2 Å². The number of likely N-dealkylation sites (tertiary alicyclic amines) is 1. The topological polar surface area (TPSA) is 112 Å². The molecule has 2 rings (SSSR count). The Bertz CT molecular complexity index is 972. The number of hydrogen-bond acceptors (Lipinski definition) is 8. The number of ether oxygens (including phenoxy) is 3. The standard InChI is InChI=1S/C24H36N2O7/c1-20(2,3)14-13(15(27)31-12)16(28)33-24(32-14,22(7,8)9)23(17(29)21(4,5)6)18(25-10)26(11)19(23)30/h1-12H3. The number of allylic oxidation sites excluding steroid dienone is 1. The Morgan fingerprint density at radius 1 is 0.970 bits per heavy atom.